The van der Waals surface area contributed by atoms with Gasteiger partial charge in [-0.3, -0.25) is 0 Å². The molecule has 0 atom stereocenters. The van der Waals surface area contributed by atoms with Gasteiger partial charge in [0.25, 0.3) is 0 Å². The van der Waals surface area contributed by atoms with E-state index in [0.29, 0.717) is 0 Å². The zero-order valence-electron chi connectivity index (χ0n) is 13.4. The van der Waals surface area contributed by atoms with Gasteiger partial charge >= 0.3 is 39.6 Å². The Hall–Kier alpha value is -0.471. The Balaban J connectivity index is 0.000000296. The summed E-state index contributed by atoms with van der Waals surface area (Å²) in [6.07, 6.45) is 28.0. The third-order valence-electron chi connectivity index (χ3n) is 2.78. The van der Waals surface area contributed by atoms with Crippen molar-refractivity contribution in [1.29, 1.82) is 0 Å². The zero-order valence-corrected chi connectivity index (χ0v) is 15.8. The molecule has 0 saturated heterocycles. The Morgan fingerprint density at radius 3 is 0.762 bits per heavy atom. The van der Waals surface area contributed by atoms with Gasteiger partial charge in [0.15, 0.2) is 0 Å². The van der Waals surface area contributed by atoms with E-state index in [9.17, 15) is 0 Å². The fourth-order valence-corrected chi connectivity index (χ4v) is 2.17. The van der Waals surface area contributed by atoms with Gasteiger partial charge in [-0.25, -0.2) is 0 Å². The summed E-state index contributed by atoms with van der Waals surface area (Å²) in [6.45, 7) is 0. The molecule has 0 amide bonds. The van der Waals surface area contributed by atoms with E-state index < -0.39 is 18.4 Å². The second kappa shape index (κ2) is 19.5. The van der Waals surface area contributed by atoms with Crippen molar-refractivity contribution in [3.8, 4) is 0 Å². The van der Waals surface area contributed by atoms with Crippen molar-refractivity contribution in [3.63, 3.8) is 0 Å². The zero-order chi connectivity index (χ0) is 15.4. The van der Waals surface area contributed by atoms with Crippen molar-refractivity contribution in [2.45, 2.75) is 51.4 Å². The van der Waals surface area contributed by atoms with Crippen molar-refractivity contribution >= 4 is 0 Å². The molecule has 2 aliphatic carbocycles. The van der Waals surface area contributed by atoms with Crippen molar-refractivity contribution in [3.05, 3.63) is 48.6 Å². The molecule has 0 aromatic heterocycles. The first-order valence-electron chi connectivity index (χ1n) is 7.69. The van der Waals surface area contributed by atoms with Crippen molar-refractivity contribution in [1.82, 2.24) is 0 Å². The average molecular weight is 471 g/mol. The van der Waals surface area contributed by atoms with Gasteiger partial charge in [-0.05, 0) is 51.4 Å². The predicted octanol–water partition coefficient (Wildman–Crippen LogP) is 5.54. The molecule has 3 heteroatoms. The maximum atomic E-state index is 4.59. The first-order chi connectivity index (χ1) is 10.4. The molecule has 2 aliphatic rings. The van der Waals surface area contributed by atoms with Crippen LogP contribution in [0.4, 0.5) is 0 Å². The standard InChI is InChI=1S/2C8H12.2CH3O.Ir/c2*1-2-4-6-8-7-5-3-1;2*1-2;/h2*1-2,7-8H,3-6H2;2*1H3;/q;;2*-1;+2. The van der Waals surface area contributed by atoms with E-state index >= 15 is 0 Å². The molecule has 0 fully saturated rings. The molecule has 2 nitrogen and oxygen atoms in total. The van der Waals surface area contributed by atoms with E-state index in [1.807, 2.05) is 0 Å². The van der Waals surface area contributed by atoms with Gasteiger partial charge in [-0.15, -0.1) is 0 Å². The molecule has 0 saturated carbocycles. The number of rotatable bonds is 2. The normalized spacial score (nSPS) is 17.4. The second-order valence-electron chi connectivity index (χ2n) is 4.52. The van der Waals surface area contributed by atoms with Gasteiger partial charge in [0.2, 0.25) is 0 Å². The summed E-state index contributed by atoms with van der Waals surface area (Å²) in [7, 11) is 3.28. The summed E-state index contributed by atoms with van der Waals surface area (Å²) in [5.74, 6) is 0. The molecule has 2 rings (SSSR count). The van der Waals surface area contributed by atoms with Crippen LogP contribution in [0.3, 0.4) is 0 Å². The van der Waals surface area contributed by atoms with E-state index in [0.717, 1.165) is 0 Å². The average Bonchev–Trinajstić information content (AvgIpc) is 2.39. The van der Waals surface area contributed by atoms with Crippen LogP contribution in [-0.4, -0.2) is 14.2 Å². The number of hydrogen-bond acceptors (Lipinski definition) is 2. The Labute approximate surface area is 139 Å². The first kappa shape index (κ1) is 20.5. The van der Waals surface area contributed by atoms with Crippen LogP contribution in [0.5, 0.6) is 0 Å². The topological polar surface area (TPSA) is 18.5 Å². The van der Waals surface area contributed by atoms with E-state index in [1.165, 1.54) is 51.4 Å². The van der Waals surface area contributed by atoms with Crippen LogP contribution >= 0.6 is 0 Å². The fourth-order valence-electron chi connectivity index (χ4n) is 1.77. The molecule has 123 valence electrons. The van der Waals surface area contributed by atoms with Gasteiger partial charge in [0, 0.05) is 0 Å². The van der Waals surface area contributed by atoms with E-state index in [2.05, 4.69) is 55.6 Å². The minimum absolute atomic E-state index is 0.472. The second-order valence-corrected chi connectivity index (χ2v) is 6.88. The van der Waals surface area contributed by atoms with Gasteiger partial charge in [0.05, 0.1) is 0 Å². The Kier molecular flexibility index (Phi) is 19.1. The van der Waals surface area contributed by atoms with Crippen molar-refractivity contribution < 1.29 is 25.4 Å². The van der Waals surface area contributed by atoms with Gasteiger partial charge in [-0.1, -0.05) is 48.6 Å². The molecular formula is C18H30IrO2. The van der Waals surface area contributed by atoms with Gasteiger partial charge < -0.3 is 0 Å². The molecule has 0 unspecified atom stereocenters. The summed E-state index contributed by atoms with van der Waals surface area (Å²) in [5.41, 5.74) is 0. The molecule has 0 aliphatic heterocycles. The molecule has 0 bridgehead atoms. The summed E-state index contributed by atoms with van der Waals surface area (Å²) in [5, 5.41) is 0. The first-order valence-corrected chi connectivity index (χ1v) is 9.64. The van der Waals surface area contributed by atoms with Crippen LogP contribution in [0.25, 0.3) is 0 Å². The van der Waals surface area contributed by atoms with Crippen LogP contribution in [-0.2, 0) is 25.4 Å². The number of allylic oxidation sites excluding steroid dienone is 8. The fraction of sp³-hybridized carbons (Fsp3) is 0.556. The molecule has 0 aromatic rings. The third-order valence-corrected chi connectivity index (χ3v) is 3.58. The summed E-state index contributed by atoms with van der Waals surface area (Å²) >= 11 is -0.472. The summed E-state index contributed by atoms with van der Waals surface area (Å²) < 4.78 is 9.19. The quantitative estimate of drug-likeness (QED) is 0.494. The molecule has 21 heavy (non-hydrogen) atoms. The molecule has 0 N–H and O–H groups in total. The van der Waals surface area contributed by atoms with Crippen LogP contribution in [0, 0.1) is 0 Å². The van der Waals surface area contributed by atoms with Crippen molar-refractivity contribution in [2.24, 2.45) is 0 Å². The third kappa shape index (κ3) is 19.5. The number of hydrogen-bond donors (Lipinski definition) is 0. The van der Waals surface area contributed by atoms with E-state index in [1.54, 1.807) is 14.2 Å². The minimum atomic E-state index is -0.472. The van der Waals surface area contributed by atoms with Crippen LogP contribution in [0.15, 0.2) is 48.6 Å². The van der Waals surface area contributed by atoms with Gasteiger partial charge in [-0.2, -0.15) is 0 Å². The van der Waals surface area contributed by atoms with E-state index in [4.69, 9.17) is 0 Å². The monoisotopic (exact) mass is 471 g/mol. The maximum absolute atomic E-state index is 4.59. The predicted molar refractivity (Wildman–Crippen MR) is 87.5 cm³/mol. The van der Waals surface area contributed by atoms with Crippen LogP contribution in [0.1, 0.15) is 51.4 Å². The molecular weight excluding hydrogens is 440 g/mol. The summed E-state index contributed by atoms with van der Waals surface area (Å²) in [4.78, 5) is 0. The SMILES string of the molecule is C1=CCCC=CCC1.C1=CCCC=CCC1.C[O][Ir][O]C. The van der Waals surface area contributed by atoms with Crippen LogP contribution in [0.2, 0.25) is 0 Å². The summed E-state index contributed by atoms with van der Waals surface area (Å²) in [6, 6.07) is 0. The molecule has 0 heterocycles. The van der Waals surface area contributed by atoms with E-state index in [-0.39, 0.29) is 0 Å². The van der Waals surface area contributed by atoms with Crippen LogP contribution < -0.4 is 0 Å². The molecule has 0 radical (unpaired) electrons. The van der Waals surface area contributed by atoms with Gasteiger partial charge in [0.1, 0.15) is 0 Å². The molecule has 0 aromatic carbocycles. The Morgan fingerprint density at radius 2 is 0.667 bits per heavy atom. The Bertz CT molecular complexity index is 224. The molecule has 0 spiro atoms. The van der Waals surface area contributed by atoms with Crippen molar-refractivity contribution in [2.75, 3.05) is 14.2 Å². The Morgan fingerprint density at radius 1 is 0.476 bits per heavy atom.